The van der Waals surface area contributed by atoms with Crippen LogP contribution in [0.3, 0.4) is 0 Å². The molecule has 0 fully saturated rings. The minimum absolute atomic E-state index is 0.231. The molecule has 2 N–H and O–H groups in total. The maximum absolute atomic E-state index is 12.2. The first-order valence-electron chi connectivity index (χ1n) is 12.0. The molecule has 0 aliphatic rings. The van der Waals surface area contributed by atoms with E-state index in [0.29, 0.717) is 19.4 Å². The lowest BCUT2D eigenvalue weighted by Crippen LogP contribution is -2.04. The van der Waals surface area contributed by atoms with Crippen LogP contribution in [0.4, 0.5) is 0 Å². The number of aromatic carboxylic acids is 1. The van der Waals surface area contributed by atoms with Gasteiger partial charge in [-0.15, -0.1) is 0 Å². The van der Waals surface area contributed by atoms with Crippen LogP contribution in [-0.4, -0.2) is 32.1 Å². The fraction of sp³-hybridized carbons (Fsp3) is 0.133. The van der Waals surface area contributed by atoms with Crippen LogP contribution in [0.1, 0.15) is 28.2 Å². The summed E-state index contributed by atoms with van der Waals surface area (Å²) in [4.78, 5) is 20.1. The Bertz CT molecular complexity index is 1740. The van der Waals surface area contributed by atoms with Gasteiger partial charge in [-0.3, -0.25) is 4.40 Å². The van der Waals surface area contributed by atoms with Crippen LogP contribution < -0.4 is 4.74 Å². The molecule has 0 saturated carbocycles. The molecule has 6 heteroatoms. The zero-order valence-corrected chi connectivity index (χ0v) is 19.9. The molecule has 0 unspecified atom stereocenters. The molecular weight excluding hydrogens is 450 g/mol. The number of hydrogen-bond donors (Lipinski definition) is 2. The van der Waals surface area contributed by atoms with E-state index < -0.39 is 5.97 Å². The molecule has 0 spiro atoms. The first-order chi connectivity index (χ1) is 17.6. The number of nitrogens with zero attached hydrogens (tertiary/aromatic N) is 2. The fourth-order valence-electron chi connectivity index (χ4n) is 5.10. The number of aromatic nitrogens is 3. The number of imidazole rings is 1. The second kappa shape index (κ2) is 8.89. The van der Waals surface area contributed by atoms with Crippen molar-refractivity contribution in [3.05, 3.63) is 102 Å². The highest BCUT2D eigenvalue weighted by molar-refractivity contribution is 6.03. The van der Waals surface area contributed by atoms with Gasteiger partial charge < -0.3 is 14.8 Å². The molecule has 36 heavy (non-hydrogen) atoms. The van der Waals surface area contributed by atoms with Gasteiger partial charge in [0.15, 0.2) is 0 Å². The lowest BCUT2D eigenvalue weighted by atomic mass is 10.0. The number of aryl methyl sites for hydroxylation is 2. The van der Waals surface area contributed by atoms with Crippen molar-refractivity contribution in [3.63, 3.8) is 0 Å². The molecule has 0 atom stereocenters. The predicted molar refractivity (Wildman–Crippen MR) is 142 cm³/mol. The molecule has 0 saturated heterocycles. The van der Waals surface area contributed by atoms with Gasteiger partial charge in [0.25, 0.3) is 0 Å². The van der Waals surface area contributed by atoms with Crippen molar-refractivity contribution in [2.75, 3.05) is 6.61 Å². The number of carbonyl (C=O) groups is 1. The number of H-pyrrole nitrogens is 1. The fourth-order valence-corrected chi connectivity index (χ4v) is 5.10. The molecule has 6 nitrogen and oxygen atoms in total. The number of fused-ring (bicyclic) bond motifs is 3. The number of ether oxygens (including phenoxy) is 1. The molecule has 6 rings (SSSR count). The molecule has 0 aliphatic heterocycles. The van der Waals surface area contributed by atoms with Crippen molar-refractivity contribution in [2.24, 2.45) is 0 Å². The van der Waals surface area contributed by atoms with E-state index in [2.05, 4.69) is 28.2 Å². The van der Waals surface area contributed by atoms with Crippen molar-refractivity contribution in [2.45, 2.75) is 19.8 Å². The van der Waals surface area contributed by atoms with Gasteiger partial charge in [-0.1, -0.05) is 60.7 Å². The van der Waals surface area contributed by atoms with Gasteiger partial charge in [-0.05, 0) is 48.9 Å². The Kier molecular flexibility index (Phi) is 5.41. The number of para-hydroxylation sites is 1. The lowest BCUT2D eigenvalue weighted by Gasteiger charge is -2.09. The summed E-state index contributed by atoms with van der Waals surface area (Å²) in [5.74, 6) is -0.118. The topological polar surface area (TPSA) is 79.6 Å². The summed E-state index contributed by atoms with van der Waals surface area (Å²) in [6, 6.07) is 26.0. The summed E-state index contributed by atoms with van der Waals surface area (Å²) >= 11 is 0. The van der Waals surface area contributed by atoms with Gasteiger partial charge in [0, 0.05) is 22.5 Å². The number of aromatic amines is 1. The summed E-state index contributed by atoms with van der Waals surface area (Å²) in [5, 5.41) is 13.1. The predicted octanol–water partition coefficient (Wildman–Crippen LogP) is 6.65. The van der Waals surface area contributed by atoms with Crippen molar-refractivity contribution < 1.29 is 14.6 Å². The largest absolute Gasteiger partial charge is 0.493 e. The van der Waals surface area contributed by atoms with Crippen molar-refractivity contribution in [1.29, 1.82) is 0 Å². The summed E-state index contributed by atoms with van der Waals surface area (Å²) in [7, 11) is 0. The van der Waals surface area contributed by atoms with E-state index in [1.807, 2.05) is 78.2 Å². The first-order valence-corrected chi connectivity index (χ1v) is 12.0. The summed E-state index contributed by atoms with van der Waals surface area (Å²) in [6.45, 7) is 2.47. The highest BCUT2D eigenvalue weighted by Gasteiger charge is 2.21. The first kappa shape index (κ1) is 21.9. The molecule has 3 aromatic heterocycles. The average molecular weight is 476 g/mol. The normalized spacial score (nSPS) is 11.5. The van der Waals surface area contributed by atoms with Gasteiger partial charge >= 0.3 is 5.97 Å². The molecular formula is C30H25N3O3. The molecule has 3 heterocycles. The van der Waals surface area contributed by atoms with Crippen LogP contribution in [0, 0.1) is 6.92 Å². The Morgan fingerprint density at radius 2 is 1.75 bits per heavy atom. The van der Waals surface area contributed by atoms with E-state index in [9.17, 15) is 9.90 Å². The summed E-state index contributed by atoms with van der Waals surface area (Å²) in [5.41, 5.74) is 5.49. The van der Waals surface area contributed by atoms with E-state index in [1.165, 1.54) is 0 Å². The van der Waals surface area contributed by atoms with Gasteiger partial charge in [0.1, 0.15) is 17.1 Å². The second-order valence-electron chi connectivity index (χ2n) is 8.92. The SMILES string of the molecule is Cc1nc2ccccn2c1-c1cccc2c(CCCOc3cccc4ccccc34)c(C(=O)O)[nH]c12. The van der Waals surface area contributed by atoms with Crippen molar-refractivity contribution in [1.82, 2.24) is 14.4 Å². The van der Waals surface area contributed by atoms with Crippen molar-refractivity contribution >= 4 is 33.3 Å². The molecule has 178 valence electrons. The zero-order chi connectivity index (χ0) is 24.6. The van der Waals surface area contributed by atoms with Crippen LogP contribution in [0.25, 0.3) is 38.6 Å². The van der Waals surface area contributed by atoms with E-state index >= 15 is 0 Å². The number of benzene rings is 3. The molecule has 0 amide bonds. The summed E-state index contributed by atoms with van der Waals surface area (Å²) < 4.78 is 8.15. The van der Waals surface area contributed by atoms with Crippen LogP contribution in [-0.2, 0) is 6.42 Å². The maximum atomic E-state index is 12.2. The summed E-state index contributed by atoms with van der Waals surface area (Å²) in [6.07, 6.45) is 3.26. The van der Waals surface area contributed by atoms with Gasteiger partial charge in [0.05, 0.1) is 23.5 Å². The van der Waals surface area contributed by atoms with E-state index in [0.717, 1.165) is 55.6 Å². The number of carboxylic acids is 1. The second-order valence-corrected chi connectivity index (χ2v) is 8.92. The standard InChI is InChI=1S/C30H25N3O3/c1-19-29(33-17-5-4-16-26(33)31-19)24-13-7-12-22-23(28(30(34)35)32-27(22)24)14-8-18-36-25-15-6-10-20-9-2-3-11-21(20)25/h2-7,9-13,15-17,32H,8,14,18H2,1H3,(H,34,35). The van der Waals surface area contributed by atoms with Gasteiger partial charge in [-0.25, -0.2) is 9.78 Å². The highest BCUT2D eigenvalue weighted by atomic mass is 16.5. The van der Waals surface area contributed by atoms with Crippen LogP contribution in [0.5, 0.6) is 5.75 Å². The third kappa shape index (κ3) is 3.67. The molecule has 0 aliphatic carbocycles. The van der Waals surface area contributed by atoms with Gasteiger partial charge in [0.2, 0.25) is 0 Å². The number of nitrogens with one attached hydrogen (secondary N) is 1. The number of hydrogen-bond acceptors (Lipinski definition) is 3. The van der Waals surface area contributed by atoms with E-state index in [-0.39, 0.29) is 5.69 Å². The van der Waals surface area contributed by atoms with Gasteiger partial charge in [-0.2, -0.15) is 0 Å². The Labute approximate surface area is 207 Å². The number of pyridine rings is 1. The zero-order valence-electron chi connectivity index (χ0n) is 19.9. The molecule has 0 bridgehead atoms. The molecule has 3 aromatic carbocycles. The van der Waals surface area contributed by atoms with Crippen LogP contribution >= 0.6 is 0 Å². The maximum Gasteiger partial charge on any atom is 0.352 e. The van der Waals surface area contributed by atoms with Crippen LogP contribution in [0.2, 0.25) is 0 Å². The minimum Gasteiger partial charge on any atom is -0.493 e. The van der Waals surface area contributed by atoms with Crippen LogP contribution in [0.15, 0.2) is 85.1 Å². The Morgan fingerprint density at radius 1 is 0.972 bits per heavy atom. The smallest absolute Gasteiger partial charge is 0.352 e. The minimum atomic E-state index is -0.961. The molecule has 0 radical (unpaired) electrons. The Balaban J connectivity index is 1.32. The average Bonchev–Trinajstić information content (AvgIpc) is 3.44. The Hall–Kier alpha value is -4.58. The monoisotopic (exact) mass is 475 g/mol. The van der Waals surface area contributed by atoms with Crippen molar-refractivity contribution in [3.8, 4) is 17.0 Å². The van der Waals surface area contributed by atoms with E-state index in [4.69, 9.17) is 4.74 Å². The molecule has 6 aromatic rings. The highest BCUT2D eigenvalue weighted by Crippen LogP contribution is 2.34. The number of rotatable bonds is 7. The van der Waals surface area contributed by atoms with E-state index in [1.54, 1.807) is 0 Å². The quantitative estimate of drug-likeness (QED) is 0.253. The number of carboxylic acid groups (broad SMARTS) is 1. The lowest BCUT2D eigenvalue weighted by molar-refractivity contribution is 0.0690. The Morgan fingerprint density at radius 3 is 2.64 bits per heavy atom. The third-order valence-electron chi connectivity index (χ3n) is 6.69. The third-order valence-corrected chi connectivity index (χ3v) is 6.69.